The molecule has 0 amide bonds. The fraction of sp³-hybridized carbons (Fsp3) is 0.0690. The molecular formula is C29H21N5O4. The minimum absolute atomic E-state index is 0.0700. The Morgan fingerprint density at radius 3 is 2.11 bits per heavy atom. The van der Waals surface area contributed by atoms with Crippen molar-refractivity contribution < 1.29 is 9.47 Å². The number of ether oxygens (including phenoxy) is 2. The molecule has 0 aliphatic rings. The van der Waals surface area contributed by atoms with E-state index in [0.29, 0.717) is 28.4 Å². The molecule has 5 rings (SSSR count). The molecule has 0 aliphatic heterocycles. The van der Waals surface area contributed by atoms with Gasteiger partial charge < -0.3 is 9.47 Å². The summed E-state index contributed by atoms with van der Waals surface area (Å²) in [4.78, 5) is 27.1. The number of aromatic nitrogens is 3. The van der Waals surface area contributed by atoms with Gasteiger partial charge in [0.1, 0.15) is 23.1 Å². The maximum absolute atomic E-state index is 13.8. The Hall–Kier alpha value is -5.49. The number of nitriles is 1. The van der Waals surface area contributed by atoms with Crippen molar-refractivity contribution in [2.24, 2.45) is 5.10 Å². The lowest BCUT2D eigenvalue weighted by Crippen LogP contribution is -2.29. The quantitative estimate of drug-likeness (QED) is 0.324. The lowest BCUT2D eigenvalue weighted by Gasteiger charge is -2.13. The molecule has 186 valence electrons. The molecule has 5 aromatic rings. The number of benzene rings is 3. The largest absolute Gasteiger partial charge is 0.497 e. The summed E-state index contributed by atoms with van der Waals surface area (Å²) >= 11 is 0. The van der Waals surface area contributed by atoms with Crippen molar-refractivity contribution in [1.29, 1.82) is 5.26 Å². The van der Waals surface area contributed by atoms with Gasteiger partial charge in [0.25, 0.3) is 11.1 Å². The first-order chi connectivity index (χ1) is 18.5. The number of hydrogen-bond donors (Lipinski definition) is 0. The van der Waals surface area contributed by atoms with Crippen LogP contribution in [0.25, 0.3) is 27.8 Å². The average molecular weight is 504 g/mol. The van der Waals surface area contributed by atoms with Gasteiger partial charge in [0.2, 0.25) is 0 Å². The predicted octanol–water partition coefficient (Wildman–Crippen LogP) is 3.99. The van der Waals surface area contributed by atoms with Crippen molar-refractivity contribution in [3.8, 4) is 34.5 Å². The Balaban J connectivity index is 1.81. The van der Waals surface area contributed by atoms with Crippen LogP contribution in [0.15, 0.2) is 99.6 Å². The number of pyridine rings is 1. The summed E-state index contributed by atoms with van der Waals surface area (Å²) in [5, 5.41) is 18.9. The molecule has 9 heteroatoms. The van der Waals surface area contributed by atoms with E-state index in [9.17, 15) is 14.9 Å². The van der Waals surface area contributed by atoms with Crippen molar-refractivity contribution in [3.05, 3.63) is 117 Å². The standard InChI is InChI=1S/C29H21N5O4/c1-37-22-12-8-20(9-13-22)26-16-24-25(17-30)28(35)33(21-10-14-23(38-2)15-11-21)32-27(24)29(36)34(26)31-18-19-6-4-3-5-7-19/h3-16,18H,1-2H3. The van der Waals surface area contributed by atoms with Crippen LogP contribution in [-0.2, 0) is 0 Å². The number of rotatable bonds is 6. The summed E-state index contributed by atoms with van der Waals surface area (Å²) in [5.41, 5.74) is 0.697. The minimum atomic E-state index is -0.643. The fourth-order valence-corrected chi connectivity index (χ4v) is 4.00. The van der Waals surface area contributed by atoms with Gasteiger partial charge in [0, 0.05) is 10.9 Å². The van der Waals surface area contributed by atoms with E-state index in [1.165, 1.54) is 11.8 Å². The molecule has 0 fully saturated rings. The lowest BCUT2D eigenvalue weighted by molar-refractivity contribution is 0.414. The number of hydrogen-bond acceptors (Lipinski definition) is 7. The van der Waals surface area contributed by atoms with Crippen molar-refractivity contribution in [2.45, 2.75) is 0 Å². The second kappa shape index (κ2) is 10.2. The summed E-state index contributed by atoms with van der Waals surface area (Å²) in [5.74, 6) is 1.22. The highest BCUT2D eigenvalue weighted by molar-refractivity contribution is 5.87. The minimum Gasteiger partial charge on any atom is -0.497 e. The maximum atomic E-state index is 13.8. The summed E-state index contributed by atoms with van der Waals surface area (Å²) < 4.78 is 12.7. The van der Waals surface area contributed by atoms with Crippen LogP contribution in [0.2, 0.25) is 0 Å². The zero-order valence-electron chi connectivity index (χ0n) is 20.5. The molecule has 0 aliphatic carbocycles. The van der Waals surface area contributed by atoms with Gasteiger partial charge in [-0.05, 0) is 60.2 Å². The van der Waals surface area contributed by atoms with Crippen LogP contribution in [0.5, 0.6) is 11.5 Å². The van der Waals surface area contributed by atoms with E-state index in [0.717, 1.165) is 10.2 Å². The number of nitrogens with zero attached hydrogens (tertiary/aromatic N) is 5. The zero-order valence-corrected chi connectivity index (χ0v) is 20.5. The molecular weight excluding hydrogens is 482 g/mol. The van der Waals surface area contributed by atoms with Crippen LogP contribution in [0.4, 0.5) is 0 Å². The van der Waals surface area contributed by atoms with Crippen LogP contribution < -0.4 is 20.6 Å². The third-order valence-corrected chi connectivity index (χ3v) is 5.97. The van der Waals surface area contributed by atoms with Crippen LogP contribution in [-0.4, -0.2) is 34.9 Å². The molecule has 0 N–H and O–H groups in total. The van der Waals surface area contributed by atoms with Crippen molar-refractivity contribution >= 4 is 17.1 Å². The van der Waals surface area contributed by atoms with Crippen LogP contribution in [0.1, 0.15) is 11.1 Å². The molecule has 0 saturated carbocycles. The molecule has 0 unspecified atom stereocenters. The van der Waals surface area contributed by atoms with Crippen LogP contribution in [0, 0.1) is 11.3 Å². The summed E-state index contributed by atoms with van der Waals surface area (Å²) in [7, 11) is 3.09. The van der Waals surface area contributed by atoms with E-state index < -0.39 is 11.1 Å². The monoisotopic (exact) mass is 503 g/mol. The normalized spacial score (nSPS) is 11.0. The van der Waals surface area contributed by atoms with Gasteiger partial charge in [-0.25, -0.2) is 0 Å². The van der Waals surface area contributed by atoms with E-state index in [1.807, 2.05) is 36.4 Å². The first kappa shape index (κ1) is 24.2. The second-order valence-electron chi connectivity index (χ2n) is 8.19. The van der Waals surface area contributed by atoms with Crippen molar-refractivity contribution in [2.75, 3.05) is 14.2 Å². The third-order valence-electron chi connectivity index (χ3n) is 5.97. The first-order valence-electron chi connectivity index (χ1n) is 11.6. The Labute approximate surface area is 217 Å². The van der Waals surface area contributed by atoms with Gasteiger partial charge in [-0.2, -0.15) is 24.8 Å². The van der Waals surface area contributed by atoms with E-state index in [2.05, 4.69) is 10.2 Å². The highest BCUT2D eigenvalue weighted by atomic mass is 16.5. The van der Waals surface area contributed by atoms with Crippen LogP contribution >= 0.6 is 0 Å². The predicted molar refractivity (Wildman–Crippen MR) is 144 cm³/mol. The molecule has 38 heavy (non-hydrogen) atoms. The SMILES string of the molecule is COc1ccc(-c2cc3c(C#N)c(=O)n(-c4ccc(OC)cc4)nc3c(=O)n2N=Cc2ccccc2)cc1. The van der Waals surface area contributed by atoms with Gasteiger partial charge in [-0.1, -0.05) is 30.3 Å². The summed E-state index contributed by atoms with van der Waals surface area (Å²) in [6, 6.07) is 26.5. The Kier molecular flexibility index (Phi) is 6.53. The second-order valence-corrected chi connectivity index (χ2v) is 8.19. The molecule has 0 bridgehead atoms. The first-order valence-corrected chi connectivity index (χ1v) is 11.6. The van der Waals surface area contributed by atoms with Crippen LogP contribution in [0.3, 0.4) is 0 Å². The summed E-state index contributed by atoms with van der Waals surface area (Å²) in [6.45, 7) is 0. The van der Waals surface area contributed by atoms with Gasteiger partial charge in [-0.3, -0.25) is 9.59 Å². The average Bonchev–Trinajstić information content (AvgIpc) is 2.97. The molecule has 0 radical (unpaired) electrons. The maximum Gasteiger partial charge on any atom is 0.299 e. The van der Waals surface area contributed by atoms with Gasteiger partial charge in [0.15, 0.2) is 5.52 Å². The van der Waals surface area contributed by atoms with Gasteiger partial charge in [-0.15, -0.1) is 0 Å². The molecule has 2 heterocycles. The van der Waals surface area contributed by atoms with E-state index in [-0.39, 0.29) is 16.5 Å². The third kappa shape index (κ3) is 4.42. The molecule has 3 aromatic carbocycles. The Morgan fingerprint density at radius 2 is 1.50 bits per heavy atom. The fourth-order valence-electron chi connectivity index (χ4n) is 4.00. The van der Waals surface area contributed by atoms with Crippen molar-refractivity contribution in [3.63, 3.8) is 0 Å². The van der Waals surface area contributed by atoms with E-state index in [1.54, 1.807) is 67.9 Å². The van der Waals surface area contributed by atoms with Gasteiger partial charge >= 0.3 is 0 Å². The number of methoxy groups -OCH3 is 2. The molecule has 0 saturated heterocycles. The number of fused-ring (bicyclic) bond motifs is 1. The Morgan fingerprint density at radius 1 is 0.868 bits per heavy atom. The van der Waals surface area contributed by atoms with E-state index >= 15 is 0 Å². The van der Waals surface area contributed by atoms with Crippen molar-refractivity contribution in [1.82, 2.24) is 14.5 Å². The topological polar surface area (TPSA) is 112 Å². The van der Waals surface area contributed by atoms with E-state index in [4.69, 9.17) is 9.47 Å². The molecule has 2 aromatic heterocycles. The highest BCUT2D eigenvalue weighted by Gasteiger charge is 2.19. The lowest BCUT2D eigenvalue weighted by atomic mass is 10.1. The summed E-state index contributed by atoms with van der Waals surface area (Å²) in [6.07, 6.45) is 1.56. The molecule has 0 atom stereocenters. The molecule has 0 spiro atoms. The molecule has 9 nitrogen and oxygen atoms in total. The highest BCUT2D eigenvalue weighted by Crippen LogP contribution is 2.25. The zero-order chi connectivity index (χ0) is 26.6. The Bertz CT molecular complexity index is 1820. The van der Waals surface area contributed by atoms with Gasteiger partial charge in [0.05, 0.1) is 31.8 Å². The smallest absolute Gasteiger partial charge is 0.299 e.